The number of phenolic OH excluding ortho intramolecular Hbond substituents is 1. The third-order valence-electron chi connectivity index (χ3n) is 8.69. The van der Waals surface area contributed by atoms with Crippen LogP contribution in [0.5, 0.6) is 5.75 Å². The van der Waals surface area contributed by atoms with E-state index in [-0.39, 0.29) is 35.4 Å². The van der Waals surface area contributed by atoms with E-state index in [4.69, 9.17) is 5.73 Å². The average Bonchev–Trinajstić information content (AvgIpc) is 3.45. The first-order valence-corrected chi connectivity index (χ1v) is 14.6. The molecular formula is C30H27N5O9S. The summed E-state index contributed by atoms with van der Waals surface area (Å²) in [5.74, 6) is -7.22. The Morgan fingerprint density at radius 2 is 1.93 bits per heavy atom. The number of nitrogens with one attached hydrogen (secondary N) is 1. The number of aromatic hydroxyl groups is 1. The summed E-state index contributed by atoms with van der Waals surface area (Å²) in [5, 5.41) is 61.6. The number of nitrogens with zero attached hydrogens (tertiary/aromatic N) is 3. The molecule has 232 valence electrons. The molecule has 1 heterocycles. The first kappa shape index (κ1) is 29.9. The van der Waals surface area contributed by atoms with Crippen LogP contribution in [-0.2, 0) is 20.8 Å². The highest BCUT2D eigenvalue weighted by molar-refractivity contribution is 7.14. The fourth-order valence-corrected chi connectivity index (χ4v) is 7.41. The average molecular weight is 634 g/mol. The predicted molar refractivity (Wildman–Crippen MR) is 162 cm³/mol. The number of likely N-dealkylation sites (N-methyl/N-ethyl adjacent to an activating group) is 1. The van der Waals surface area contributed by atoms with Crippen LogP contribution < -0.4 is 11.1 Å². The molecule has 0 spiro atoms. The van der Waals surface area contributed by atoms with Crippen molar-refractivity contribution in [2.24, 2.45) is 17.6 Å². The van der Waals surface area contributed by atoms with Crippen LogP contribution in [0.25, 0.3) is 17.0 Å². The van der Waals surface area contributed by atoms with Gasteiger partial charge in [0, 0.05) is 34.6 Å². The summed E-state index contributed by atoms with van der Waals surface area (Å²) >= 11 is 1.17. The van der Waals surface area contributed by atoms with Crippen molar-refractivity contribution in [1.82, 2.24) is 9.88 Å². The molecule has 3 aliphatic carbocycles. The van der Waals surface area contributed by atoms with E-state index in [2.05, 4.69) is 10.3 Å². The molecule has 0 aliphatic heterocycles. The van der Waals surface area contributed by atoms with Gasteiger partial charge < -0.3 is 31.5 Å². The van der Waals surface area contributed by atoms with Gasteiger partial charge >= 0.3 is 0 Å². The van der Waals surface area contributed by atoms with Gasteiger partial charge in [-0.2, -0.15) is 0 Å². The molecule has 0 unspecified atom stereocenters. The van der Waals surface area contributed by atoms with Gasteiger partial charge in [-0.05, 0) is 44.5 Å². The molecule has 3 aromatic rings. The topological polar surface area (TPSA) is 229 Å². The van der Waals surface area contributed by atoms with Crippen LogP contribution in [0.1, 0.15) is 17.5 Å². The number of nitro groups is 1. The smallest absolute Gasteiger partial charge is 0.270 e. The Morgan fingerprint density at radius 1 is 1.20 bits per heavy atom. The van der Waals surface area contributed by atoms with Crippen molar-refractivity contribution >= 4 is 51.1 Å². The summed E-state index contributed by atoms with van der Waals surface area (Å²) < 4.78 is 0. The summed E-state index contributed by atoms with van der Waals surface area (Å²) in [7, 11) is 3.07. The Morgan fingerprint density at radius 3 is 2.60 bits per heavy atom. The summed E-state index contributed by atoms with van der Waals surface area (Å²) in [5.41, 5.74) is 2.96. The van der Waals surface area contributed by atoms with E-state index in [0.717, 1.165) is 0 Å². The third kappa shape index (κ3) is 4.46. The number of carbonyl (C=O) groups excluding carboxylic acids is 3. The SMILES string of the molecule is CN(C)[C@H]1C(=O)C(C(N)=O)=C(O)[C@]2(O)C(=O)C3=C(O)c4c(ccc(Nc5nc(-c6cccc([N+](=O)[O-])c6)cs5)c4O)C[C@H]3C[C@@H]12. The number of aliphatic hydroxyl groups is 3. The van der Waals surface area contributed by atoms with Crippen LogP contribution in [0.3, 0.4) is 0 Å². The maximum absolute atomic E-state index is 14.0. The number of carbonyl (C=O) groups is 3. The summed E-state index contributed by atoms with van der Waals surface area (Å²) in [6.45, 7) is 0. The van der Waals surface area contributed by atoms with Gasteiger partial charge in [0.25, 0.3) is 11.6 Å². The maximum atomic E-state index is 14.0. The molecule has 1 amide bonds. The highest BCUT2D eigenvalue weighted by atomic mass is 32.1. The lowest BCUT2D eigenvalue weighted by molar-refractivity contribution is -0.384. The second kappa shape index (κ2) is 10.5. The zero-order valence-electron chi connectivity index (χ0n) is 23.8. The van der Waals surface area contributed by atoms with Gasteiger partial charge in [0.1, 0.15) is 22.8 Å². The molecule has 2 aromatic carbocycles. The van der Waals surface area contributed by atoms with Crippen LogP contribution in [-0.4, -0.2) is 78.4 Å². The van der Waals surface area contributed by atoms with Gasteiger partial charge in [0.15, 0.2) is 16.5 Å². The minimum atomic E-state index is -2.72. The van der Waals surface area contributed by atoms with Crippen molar-refractivity contribution in [2.75, 3.05) is 19.4 Å². The normalized spacial score (nSPS) is 24.3. The second-order valence-electron chi connectivity index (χ2n) is 11.4. The van der Waals surface area contributed by atoms with Crippen molar-refractivity contribution in [3.8, 4) is 17.0 Å². The van der Waals surface area contributed by atoms with Crippen molar-refractivity contribution in [1.29, 1.82) is 0 Å². The highest BCUT2D eigenvalue weighted by Gasteiger charge is 2.64. The standard InChI is InChI=1S/C30H27N5O9S/c1-34(2)22-16-10-14-8-13-6-7-17(32-29-33-18(11-45-29)12-4-3-5-15(9-12)35(43)44)23(36)19(13)24(37)20(14)26(39)30(16,42)27(40)21(25(22)38)28(31)41/h3-7,9,11,14,16,22,36-37,40,42H,8,10H2,1-2H3,(H2,31,41)(H,32,33)/t14-,16-,22+,30+/m0/s1. The van der Waals surface area contributed by atoms with E-state index < -0.39 is 68.7 Å². The number of hydrogen-bond acceptors (Lipinski definition) is 13. The van der Waals surface area contributed by atoms with E-state index >= 15 is 0 Å². The predicted octanol–water partition coefficient (Wildman–Crippen LogP) is 2.74. The number of thiazole rings is 1. The van der Waals surface area contributed by atoms with Gasteiger partial charge in [-0.3, -0.25) is 29.4 Å². The number of Topliss-reactive ketones (excluding diaryl/α,β-unsaturated/α-hetero) is 2. The number of fused-ring (bicyclic) bond motifs is 3. The summed E-state index contributed by atoms with van der Waals surface area (Å²) in [4.78, 5) is 55.9. The minimum Gasteiger partial charge on any atom is -0.508 e. The molecule has 0 radical (unpaired) electrons. The molecule has 1 saturated carbocycles. The number of nitro benzene ring substituents is 1. The lowest BCUT2D eigenvalue weighted by atomic mass is 9.57. The van der Waals surface area contributed by atoms with Gasteiger partial charge in [0.2, 0.25) is 5.78 Å². The molecule has 1 aromatic heterocycles. The molecule has 7 N–H and O–H groups in total. The number of aromatic nitrogens is 1. The lowest BCUT2D eigenvalue weighted by Crippen LogP contribution is -2.65. The molecule has 14 nitrogen and oxygen atoms in total. The van der Waals surface area contributed by atoms with Crippen LogP contribution in [0.15, 0.2) is 58.7 Å². The number of aliphatic hydroxyl groups excluding tert-OH is 2. The van der Waals surface area contributed by atoms with Crippen molar-refractivity contribution < 1.29 is 39.7 Å². The van der Waals surface area contributed by atoms with E-state index in [9.17, 15) is 44.9 Å². The van der Waals surface area contributed by atoms with E-state index in [0.29, 0.717) is 22.0 Å². The Kier molecular flexibility index (Phi) is 6.99. The number of primary amides is 1. The lowest BCUT2D eigenvalue weighted by Gasteiger charge is -2.50. The molecule has 45 heavy (non-hydrogen) atoms. The van der Waals surface area contributed by atoms with Crippen molar-refractivity contribution in [3.05, 3.63) is 79.9 Å². The van der Waals surface area contributed by atoms with Gasteiger partial charge in [0.05, 0.1) is 27.9 Å². The summed E-state index contributed by atoms with van der Waals surface area (Å²) in [6, 6.07) is 8.03. The van der Waals surface area contributed by atoms with E-state index in [1.807, 2.05) is 0 Å². The molecule has 0 bridgehead atoms. The Hall–Kier alpha value is -5.12. The van der Waals surface area contributed by atoms with Gasteiger partial charge in [-0.25, -0.2) is 4.98 Å². The molecule has 6 rings (SSSR count). The number of amides is 1. The Balaban J connectivity index is 1.38. The largest absolute Gasteiger partial charge is 0.508 e. The summed E-state index contributed by atoms with van der Waals surface area (Å²) in [6.07, 6.45) is 0.155. The molecule has 1 fully saturated rings. The molecular weight excluding hydrogens is 606 g/mol. The van der Waals surface area contributed by atoms with Gasteiger partial charge in [-0.15, -0.1) is 11.3 Å². The zero-order chi connectivity index (χ0) is 32.5. The van der Waals surface area contributed by atoms with Crippen LogP contribution in [0, 0.1) is 22.0 Å². The first-order valence-electron chi connectivity index (χ1n) is 13.7. The second-order valence-corrected chi connectivity index (χ2v) is 12.3. The number of hydrogen-bond donors (Lipinski definition) is 6. The van der Waals surface area contributed by atoms with E-state index in [1.54, 1.807) is 29.6 Å². The van der Waals surface area contributed by atoms with Gasteiger partial charge in [-0.1, -0.05) is 18.2 Å². The molecule has 3 aliphatic rings. The quantitative estimate of drug-likeness (QED) is 0.0996. The first-order chi connectivity index (χ1) is 21.2. The van der Waals surface area contributed by atoms with Crippen LogP contribution in [0.2, 0.25) is 0 Å². The minimum absolute atomic E-state index is 0.00787. The van der Waals surface area contributed by atoms with Crippen LogP contribution in [0.4, 0.5) is 16.5 Å². The highest BCUT2D eigenvalue weighted by Crippen LogP contribution is 2.53. The zero-order valence-corrected chi connectivity index (χ0v) is 24.7. The number of rotatable bonds is 6. The monoisotopic (exact) mass is 633 g/mol. The molecule has 0 saturated heterocycles. The fourth-order valence-electron chi connectivity index (χ4n) is 6.68. The Bertz CT molecular complexity index is 1900. The van der Waals surface area contributed by atoms with Crippen molar-refractivity contribution in [2.45, 2.75) is 24.5 Å². The Labute approximate surface area is 258 Å². The molecule has 15 heteroatoms. The maximum Gasteiger partial charge on any atom is 0.270 e. The number of ketones is 2. The number of phenols is 1. The number of non-ortho nitro benzene ring substituents is 1. The third-order valence-corrected chi connectivity index (χ3v) is 9.45. The number of nitrogens with two attached hydrogens (primary N) is 1. The van der Waals surface area contributed by atoms with E-state index in [1.165, 1.54) is 42.5 Å². The number of benzene rings is 2. The molecule has 4 atom stereocenters. The van der Waals surface area contributed by atoms with Crippen LogP contribution >= 0.6 is 11.3 Å². The number of anilines is 2. The fraction of sp³-hybridized carbons (Fsp3) is 0.267. The van der Waals surface area contributed by atoms with Crippen molar-refractivity contribution in [3.63, 3.8) is 0 Å².